The Labute approximate surface area is 111 Å². The van der Waals surface area contributed by atoms with Crippen molar-refractivity contribution in [2.75, 3.05) is 19.1 Å². The molecule has 0 bridgehead atoms. The number of amides is 1. The third-order valence-electron chi connectivity index (χ3n) is 3.77. The van der Waals surface area contributed by atoms with Crippen molar-refractivity contribution >= 4 is 17.6 Å². The topological polar surface area (TPSA) is 66.8 Å². The summed E-state index contributed by atoms with van der Waals surface area (Å²) in [6.07, 6.45) is 1.61. The van der Waals surface area contributed by atoms with Crippen LogP contribution in [0.5, 0.6) is 5.75 Å². The first-order valence-corrected chi connectivity index (χ1v) is 6.17. The second-order valence-electron chi connectivity index (χ2n) is 4.81. The van der Waals surface area contributed by atoms with Gasteiger partial charge in [0.1, 0.15) is 11.2 Å². The van der Waals surface area contributed by atoms with E-state index in [1.165, 1.54) is 4.90 Å². The lowest BCUT2D eigenvalue weighted by Crippen LogP contribution is -2.51. The van der Waals surface area contributed by atoms with Crippen LogP contribution >= 0.6 is 0 Å². The van der Waals surface area contributed by atoms with Gasteiger partial charge in [0, 0.05) is 18.8 Å². The fraction of sp³-hybridized carbons (Fsp3) is 0.429. The summed E-state index contributed by atoms with van der Waals surface area (Å²) in [7, 11) is 3.14. The van der Waals surface area contributed by atoms with Gasteiger partial charge in [0.25, 0.3) is 0 Å². The molecule has 1 aromatic rings. The normalized spacial score (nSPS) is 16.3. The minimum Gasteiger partial charge on any atom is -0.497 e. The molecule has 1 aliphatic carbocycles. The van der Waals surface area contributed by atoms with Gasteiger partial charge >= 0.3 is 5.97 Å². The minimum absolute atomic E-state index is 0.362. The number of benzene rings is 1. The maximum absolute atomic E-state index is 12.4. The fourth-order valence-corrected chi connectivity index (χ4v) is 2.31. The molecule has 1 amide bonds. The standard InChI is InChI=1S/C14H17NO4/c1-15(10-5-3-6-11(9-10)19-2)12(16)14(13(17)18)7-4-8-14/h3,5-6,9H,4,7-8H2,1-2H3,(H,17,18). The Morgan fingerprint density at radius 1 is 1.37 bits per heavy atom. The monoisotopic (exact) mass is 263 g/mol. The summed E-state index contributed by atoms with van der Waals surface area (Å²) in [6, 6.07) is 7.02. The lowest BCUT2D eigenvalue weighted by Gasteiger charge is -2.38. The first kappa shape index (κ1) is 13.4. The summed E-state index contributed by atoms with van der Waals surface area (Å²) in [4.78, 5) is 25.1. The summed E-state index contributed by atoms with van der Waals surface area (Å²) in [5, 5.41) is 9.28. The zero-order chi connectivity index (χ0) is 14.0. The Bertz CT molecular complexity index is 508. The predicted octanol–water partition coefficient (Wildman–Crippen LogP) is 1.91. The number of carbonyl (C=O) groups is 2. The number of methoxy groups -OCH3 is 1. The average molecular weight is 263 g/mol. The van der Waals surface area contributed by atoms with Crippen LogP contribution in [0, 0.1) is 5.41 Å². The molecule has 0 saturated heterocycles. The summed E-state index contributed by atoms with van der Waals surface area (Å²) in [5.41, 5.74) is -0.602. The molecule has 5 heteroatoms. The zero-order valence-corrected chi connectivity index (χ0v) is 11.0. The van der Waals surface area contributed by atoms with E-state index in [2.05, 4.69) is 0 Å². The number of aliphatic carboxylic acids is 1. The number of carboxylic acid groups (broad SMARTS) is 1. The van der Waals surface area contributed by atoms with Crippen molar-refractivity contribution in [2.24, 2.45) is 5.41 Å². The summed E-state index contributed by atoms with van der Waals surface area (Å²) in [6.45, 7) is 0. The Morgan fingerprint density at radius 2 is 2.05 bits per heavy atom. The van der Waals surface area contributed by atoms with E-state index in [1.807, 2.05) is 0 Å². The van der Waals surface area contributed by atoms with Gasteiger partial charge in [-0.15, -0.1) is 0 Å². The Hall–Kier alpha value is -2.04. The van der Waals surface area contributed by atoms with Gasteiger partial charge in [0.2, 0.25) is 5.91 Å². The number of ether oxygens (including phenoxy) is 1. The van der Waals surface area contributed by atoms with Crippen LogP contribution in [-0.2, 0) is 9.59 Å². The third-order valence-corrected chi connectivity index (χ3v) is 3.77. The first-order valence-electron chi connectivity index (χ1n) is 6.17. The molecule has 0 heterocycles. The molecule has 5 nitrogen and oxygen atoms in total. The van der Waals surface area contributed by atoms with E-state index in [4.69, 9.17) is 4.74 Å². The largest absolute Gasteiger partial charge is 0.497 e. The lowest BCUT2D eigenvalue weighted by atomic mass is 9.68. The van der Waals surface area contributed by atoms with Crippen LogP contribution in [0.4, 0.5) is 5.69 Å². The second-order valence-corrected chi connectivity index (χ2v) is 4.81. The van der Waals surface area contributed by atoms with Crippen molar-refractivity contribution in [3.05, 3.63) is 24.3 Å². The molecule has 0 atom stereocenters. The van der Waals surface area contributed by atoms with Crippen LogP contribution < -0.4 is 9.64 Å². The number of rotatable bonds is 4. The van der Waals surface area contributed by atoms with Crippen LogP contribution in [0.3, 0.4) is 0 Å². The molecule has 1 fully saturated rings. The quantitative estimate of drug-likeness (QED) is 0.843. The van der Waals surface area contributed by atoms with E-state index in [0.717, 1.165) is 6.42 Å². The molecular formula is C14H17NO4. The number of nitrogens with zero attached hydrogens (tertiary/aromatic N) is 1. The Kier molecular flexibility index (Phi) is 3.46. The van der Waals surface area contributed by atoms with E-state index >= 15 is 0 Å². The molecule has 0 radical (unpaired) electrons. The van der Waals surface area contributed by atoms with Crippen molar-refractivity contribution in [3.63, 3.8) is 0 Å². The van der Waals surface area contributed by atoms with E-state index in [1.54, 1.807) is 38.4 Å². The third kappa shape index (κ3) is 2.16. The maximum Gasteiger partial charge on any atom is 0.319 e. The molecule has 102 valence electrons. The van der Waals surface area contributed by atoms with E-state index in [-0.39, 0.29) is 5.91 Å². The van der Waals surface area contributed by atoms with Gasteiger partial charge in [-0.1, -0.05) is 12.5 Å². The molecule has 0 aromatic heterocycles. The molecule has 1 aliphatic rings. The molecule has 1 saturated carbocycles. The number of hydrogen-bond donors (Lipinski definition) is 1. The molecule has 1 N–H and O–H groups in total. The van der Waals surface area contributed by atoms with E-state index in [0.29, 0.717) is 24.3 Å². The lowest BCUT2D eigenvalue weighted by molar-refractivity contribution is -0.160. The summed E-state index contributed by atoms with van der Waals surface area (Å²) in [5.74, 6) is -0.756. The highest BCUT2D eigenvalue weighted by atomic mass is 16.5. The highest BCUT2D eigenvalue weighted by molar-refractivity contribution is 6.10. The zero-order valence-electron chi connectivity index (χ0n) is 11.0. The second kappa shape index (κ2) is 4.91. The smallest absolute Gasteiger partial charge is 0.319 e. The summed E-state index contributed by atoms with van der Waals surface area (Å²) < 4.78 is 5.10. The van der Waals surface area contributed by atoms with Crippen LogP contribution in [0.25, 0.3) is 0 Å². The van der Waals surface area contributed by atoms with E-state index in [9.17, 15) is 14.7 Å². The Balaban J connectivity index is 2.25. The first-order chi connectivity index (χ1) is 9.01. The molecule has 0 aliphatic heterocycles. The van der Waals surface area contributed by atoms with Crippen LogP contribution in [0.1, 0.15) is 19.3 Å². The molecule has 1 aromatic carbocycles. The van der Waals surface area contributed by atoms with Gasteiger partial charge in [-0.05, 0) is 25.0 Å². The van der Waals surface area contributed by atoms with Gasteiger partial charge in [0.15, 0.2) is 0 Å². The SMILES string of the molecule is COc1cccc(N(C)C(=O)C2(C(=O)O)CCC2)c1. The number of carboxylic acids is 1. The van der Waals surface area contributed by atoms with Crippen molar-refractivity contribution < 1.29 is 19.4 Å². The van der Waals surface area contributed by atoms with Gasteiger partial charge in [-0.3, -0.25) is 9.59 Å². The molecule has 0 unspecified atom stereocenters. The van der Waals surface area contributed by atoms with Gasteiger partial charge in [-0.2, -0.15) is 0 Å². The Morgan fingerprint density at radius 3 is 2.53 bits per heavy atom. The highest BCUT2D eigenvalue weighted by Gasteiger charge is 2.52. The van der Waals surface area contributed by atoms with Crippen molar-refractivity contribution in [2.45, 2.75) is 19.3 Å². The molecule has 19 heavy (non-hydrogen) atoms. The number of carbonyl (C=O) groups excluding carboxylic acids is 1. The van der Waals surface area contributed by atoms with Crippen LogP contribution in [0.2, 0.25) is 0 Å². The van der Waals surface area contributed by atoms with Gasteiger partial charge in [-0.25, -0.2) is 0 Å². The van der Waals surface area contributed by atoms with Crippen LogP contribution in [-0.4, -0.2) is 31.1 Å². The molecule has 2 rings (SSSR count). The minimum atomic E-state index is -1.24. The number of hydrogen-bond acceptors (Lipinski definition) is 3. The summed E-state index contributed by atoms with van der Waals surface area (Å²) >= 11 is 0. The average Bonchev–Trinajstić information content (AvgIpc) is 2.36. The van der Waals surface area contributed by atoms with Gasteiger partial charge < -0.3 is 14.7 Å². The highest BCUT2D eigenvalue weighted by Crippen LogP contribution is 2.43. The van der Waals surface area contributed by atoms with E-state index < -0.39 is 11.4 Å². The fourth-order valence-electron chi connectivity index (χ4n) is 2.31. The molecule has 0 spiro atoms. The predicted molar refractivity (Wildman–Crippen MR) is 70.3 cm³/mol. The maximum atomic E-state index is 12.4. The van der Waals surface area contributed by atoms with Gasteiger partial charge in [0.05, 0.1) is 7.11 Å². The van der Waals surface area contributed by atoms with Crippen LogP contribution in [0.15, 0.2) is 24.3 Å². The van der Waals surface area contributed by atoms with Crippen molar-refractivity contribution in [3.8, 4) is 5.75 Å². The molecular weight excluding hydrogens is 246 g/mol. The number of anilines is 1. The van der Waals surface area contributed by atoms with Crippen molar-refractivity contribution in [1.82, 2.24) is 0 Å². The van der Waals surface area contributed by atoms with Crippen molar-refractivity contribution in [1.29, 1.82) is 0 Å².